The summed E-state index contributed by atoms with van der Waals surface area (Å²) in [6.45, 7) is 0.281. The molecule has 1 atom stereocenters. The predicted molar refractivity (Wildman–Crippen MR) is 142 cm³/mol. The van der Waals surface area contributed by atoms with Crippen LogP contribution in [0.2, 0.25) is 0 Å². The summed E-state index contributed by atoms with van der Waals surface area (Å²) in [5.74, 6) is -1.00. The highest BCUT2D eigenvalue weighted by molar-refractivity contribution is 7.11. The van der Waals surface area contributed by atoms with Crippen LogP contribution < -0.4 is 10.1 Å². The van der Waals surface area contributed by atoms with Gasteiger partial charge in [-0.3, -0.25) is 14.3 Å². The lowest BCUT2D eigenvalue weighted by Crippen LogP contribution is -2.31. The maximum atomic E-state index is 12.5. The Bertz CT molecular complexity index is 1440. The van der Waals surface area contributed by atoms with Crippen molar-refractivity contribution in [1.29, 1.82) is 0 Å². The topological polar surface area (TPSA) is 132 Å². The van der Waals surface area contributed by atoms with E-state index in [4.69, 9.17) is 0 Å². The highest BCUT2D eigenvalue weighted by Crippen LogP contribution is 2.24. The number of unbranched alkanes of at least 4 members (excludes halogenated alkanes) is 1. The van der Waals surface area contributed by atoms with Crippen molar-refractivity contribution in [3.63, 3.8) is 0 Å². The molecule has 2 heterocycles. The first-order valence-electron chi connectivity index (χ1n) is 12.7. The summed E-state index contributed by atoms with van der Waals surface area (Å²) < 4.78 is 42.7. The molecule has 0 radical (unpaired) electrons. The van der Waals surface area contributed by atoms with Gasteiger partial charge in [0.05, 0.1) is 25.3 Å². The summed E-state index contributed by atoms with van der Waals surface area (Å²) in [6.07, 6.45) is -1.13. The normalized spacial score (nSPS) is 12.2. The number of Topliss-reactive ketones (excluding diaryl/α,β-unsaturated/α-hetero) is 1. The van der Waals surface area contributed by atoms with E-state index in [0.29, 0.717) is 23.5 Å². The molecule has 0 saturated carbocycles. The van der Waals surface area contributed by atoms with Gasteiger partial charge in [-0.2, -0.15) is 0 Å². The van der Waals surface area contributed by atoms with E-state index in [1.807, 2.05) is 30.3 Å². The number of nitrogens with one attached hydrogen (secondary N) is 1. The molecule has 1 amide bonds. The molecule has 216 valence electrons. The van der Waals surface area contributed by atoms with Crippen LogP contribution in [0.3, 0.4) is 0 Å². The van der Waals surface area contributed by atoms with Gasteiger partial charge in [0.15, 0.2) is 5.69 Å². The highest BCUT2D eigenvalue weighted by atomic mass is 32.1. The van der Waals surface area contributed by atoms with Crippen LogP contribution in [0.4, 0.5) is 13.2 Å². The minimum atomic E-state index is -4.80. The number of ether oxygens (including phenoxy) is 1. The minimum absolute atomic E-state index is 0.0350. The fourth-order valence-electron chi connectivity index (χ4n) is 3.99. The maximum Gasteiger partial charge on any atom is 0.573 e. The van der Waals surface area contributed by atoms with Crippen molar-refractivity contribution in [2.45, 2.75) is 51.1 Å². The van der Waals surface area contributed by atoms with Gasteiger partial charge in [-0.15, -0.1) is 39.8 Å². The highest BCUT2D eigenvalue weighted by Gasteiger charge is 2.31. The van der Waals surface area contributed by atoms with Crippen molar-refractivity contribution in [3.8, 4) is 5.75 Å². The molecule has 41 heavy (non-hydrogen) atoms. The first-order chi connectivity index (χ1) is 19.7. The number of aliphatic hydroxyl groups is 1. The molecule has 0 bridgehead atoms. The van der Waals surface area contributed by atoms with Crippen molar-refractivity contribution < 1.29 is 32.6 Å². The first-order valence-corrected chi connectivity index (χ1v) is 13.5. The zero-order valence-electron chi connectivity index (χ0n) is 21.8. The molecule has 2 aromatic carbocycles. The third-order valence-electron chi connectivity index (χ3n) is 5.88. The quantitative estimate of drug-likeness (QED) is 0.212. The van der Waals surface area contributed by atoms with Gasteiger partial charge in [0.1, 0.15) is 21.5 Å². The Morgan fingerprint density at radius 2 is 1.78 bits per heavy atom. The van der Waals surface area contributed by atoms with Gasteiger partial charge in [0, 0.05) is 19.4 Å². The van der Waals surface area contributed by atoms with Crippen LogP contribution in [0.15, 0.2) is 60.8 Å². The molecule has 0 aliphatic heterocycles. The van der Waals surface area contributed by atoms with Crippen molar-refractivity contribution in [2.24, 2.45) is 0 Å². The molecule has 0 aliphatic rings. The van der Waals surface area contributed by atoms with E-state index < -0.39 is 18.3 Å². The molecule has 4 rings (SSSR count). The van der Waals surface area contributed by atoms with E-state index in [1.165, 1.54) is 29.5 Å². The average molecular weight is 589 g/mol. The lowest BCUT2D eigenvalue weighted by atomic mass is 10.1. The molecule has 0 unspecified atom stereocenters. The van der Waals surface area contributed by atoms with E-state index in [1.54, 1.807) is 16.9 Å². The molecular weight excluding hydrogens is 561 g/mol. The number of hydrogen-bond donors (Lipinski definition) is 2. The number of carbonyl (C=O) groups excluding carboxylic acids is 2. The van der Waals surface area contributed by atoms with E-state index in [2.05, 4.69) is 30.6 Å². The Balaban J connectivity index is 1.18. The summed E-state index contributed by atoms with van der Waals surface area (Å²) in [4.78, 5) is 25.0. The van der Waals surface area contributed by atoms with Crippen molar-refractivity contribution in [1.82, 2.24) is 30.5 Å². The van der Waals surface area contributed by atoms with Crippen LogP contribution in [-0.4, -0.2) is 55.0 Å². The Kier molecular flexibility index (Phi) is 10.1. The largest absolute Gasteiger partial charge is 0.573 e. The number of halogens is 3. The third-order valence-corrected chi connectivity index (χ3v) is 6.86. The van der Waals surface area contributed by atoms with Crippen molar-refractivity contribution in [3.05, 3.63) is 87.6 Å². The number of benzene rings is 2. The van der Waals surface area contributed by atoms with Gasteiger partial charge in [-0.05, 0) is 36.1 Å². The monoisotopic (exact) mass is 588 g/mol. The van der Waals surface area contributed by atoms with Crippen molar-refractivity contribution >= 4 is 23.0 Å². The maximum absolute atomic E-state index is 12.5. The fourth-order valence-corrected chi connectivity index (χ4v) is 4.90. The molecule has 2 N–H and O–H groups in total. The van der Waals surface area contributed by atoms with Crippen LogP contribution in [0.25, 0.3) is 0 Å². The molecule has 4 aromatic rings. The molecular formula is C27H27F3N6O4S. The van der Waals surface area contributed by atoms with Gasteiger partial charge in [0.25, 0.3) is 5.91 Å². The standard InChI is InChI=1S/C27H27F3N6O4S/c28-27(29,30)40-21-10-6-7-18(14-21)13-20(38)15-25-34-33-24(41-25)11-4-5-12-36-16-22(32-35-36)26(39)31-23(17-37)19-8-2-1-3-9-19/h1-3,6-10,14,16,23,37H,4-5,11-13,15,17H2,(H,31,39)/t23-/m0/s1. The van der Waals surface area contributed by atoms with Gasteiger partial charge < -0.3 is 15.2 Å². The summed E-state index contributed by atoms with van der Waals surface area (Å²) in [7, 11) is 0. The summed E-state index contributed by atoms with van der Waals surface area (Å²) in [5.41, 5.74) is 1.35. The zero-order chi connectivity index (χ0) is 29.2. The second kappa shape index (κ2) is 13.9. The van der Waals surface area contributed by atoms with Gasteiger partial charge in [0.2, 0.25) is 0 Å². The lowest BCUT2D eigenvalue weighted by Gasteiger charge is -2.15. The van der Waals surface area contributed by atoms with E-state index in [0.717, 1.165) is 23.4 Å². The summed E-state index contributed by atoms with van der Waals surface area (Å²) >= 11 is 1.32. The molecule has 10 nitrogen and oxygen atoms in total. The molecule has 14 heteroatoms. The number of carbonyl (C=O) groups is 2. The van der Waals surface area contributed by atoms with Crippen LogP contribution >= 0.6 is 11.3 Å². The van der Waals surface area contributed by atoms with Crippen LogP contribution in [-0.2, 0) is 30.6 Å². The SMILES string of the molecule is O=C(Cc1cccc(OC(F)(F)F)c1)Cc1nnc(CCCCn2cc(C(=O)N[C@@H](CO)c3ccccc3)nn2)s1. The van der Waals surface area contributed by atoms with Gasteiger partial charge >= 0.3 is 6.36 Å². The average Bonchev–Trinajstić information content (AvgIpc) is 3.59. The number of amides is 1. The third kappa shape index (κ3) is 9.46. The second-order valence-corrected chi connectivity index (χ2v) is 10.3. The summed E-state index contributed by atoms with van der Waals surface area (Å²) in [6, 6.07) is 13.9. The molecule has 0 aliphatic carbocycles. The number of hydrogen-bond acceptors (Lipinski definition) is 9. The van der Waals surface area contributed by atoms with Crippen molar-refractivity contribution in [2.75, 3.05) is 6.61 Å². The Morgan fingerprint density at radius 3 is 2.54 bits per heavy atom. The van der Waals surface area contributed by atoms with Crippen LogP contribution in [0.1, 0.15) is 50.5 Å². The Morgan fingerprint density at radius 1 is 1.00 bits per heavy atom. The second-order valence-electron chi connectivity index (χ2n) is 9.12. The van der Waals surface area contributed by atoms with Crippen LogP contribution in [0.5, 0.6) is 5.75 Å². The number of ketones is 1. The first kappa shape index (κ1) is 29.8. The zero-order valence-corrected chi connectivity index (χ0v) is 22.6. The van der Waals surface area contributed by atoms with Crippen LogP contribution in [0, 0.1) is 0 Å². The summed E-state index contributed by atoms with van der Waals surface area (Å²) in [5, 5.41) is 29.8. The fraction of sp³-hybridized carbons (Fsp3) is 0.333. The van der Waals surface area contributed by atoms with E-state index in [-0.39, 0.29) is 36.7 Å². The lowest BCUT2D eigenvalue weighted by molar-refractivity contribution is -0.274. The smallest absolute Gasteiger partial charge is 0.406 e. The number of rotatable bonds is 14. The minimum Gasteiger partial charge on any atom is -0.406 e. The van der Waals surface area contributed by atoms with E-state index >= 15 is 0 Å². The van der Waals surface area contributed by atoms with Gasteiger partial charge in [-0.1, -0.05) is 47.7 Å². The number of aliphatic hydroxyl groups excluding tert-OH is 1. The Labute approximate surface area is 237 Å². The van der Waals surface area contributed by atoms with E-state index in [9.17, 15) is 27.9 Å². The number of aromatic nitrogens is 5. The molecule has 0 saturated heterocycles. The van der Waals surface area contributed by atoms with Gasteiger partial charge in [-0.25, -0.2) is 0 Å². The molecule has 0 spiro atoms. The molecule has 0 fully saturated rings. The predicted octanol–water partition coefficient (Wildman–Crippen LogP) is 3.87. The molecule has 2 aromatic heterocycles. The number of alkyl halides is 3. The number of aryl methyl sites for hydroxylation is 2. The number of nitrogens with zero attached hydrogens (tertiary/aromatic N) is 5. The Hall–Kier alpha value is -4.17.